The Balaban J connectivity index is 2.23. The molecule has 2 heterocycles. The van der Waals surface area contributed by atoms with Crippen LogP contribution in [-0.2, 0) is 4.74 Å². The van der Waals surface area contributed by atoms with Gasteiger partial charge in [0.15, 0.2) is 5.82 Å². The molecule has 0 saturated carbocycles. The number of benzene rings is 1. The summed E-state index contributed by atoms with van der Waals surface area (Å²) < 4.78 is 5.20. The fraction of sp³-hybridized carbons (Fsp3) is 0.167. The number of rotatable bonds is 5. The third kappa shape index (κ3) is 3.14. The maximum Gasteiger partial charge on any atom is 0.344 e. The second-order valence-corrected chi connectivity index (χ2v) is 5.88. The number of thiophene rings is 1. The first-order valence-corrected chi connectivity index (χ1v) is 8.48. The van der Waals surface area contributed by atoms with Crippen LogP contribution in [0.5, 0.6) is 0 Å². The van der Waals surface area contributed by atoms with E-state index in [1.165, 1.54) is 11.3 Å². The zero-order chi connectivity index (χ0) is 16.9. The Bertz CT molecular complexity index is 833. The third-order valence-electron chi connectivity index (χ3n) is 3.41. The molecule has 6 heteroatoms. The van der Waals surface area contributed by atoms with E-state index in [2.05, 4.69) is 15.3 Å². The van der Waals surface area contributed by atoms with E-state index in [1.54, 1.807) is 14.0 Å². The number of anilines is 1. The molecule has 1 N–H and O–H groups in total. The lowest BCUT2D eigenvalue weighted by atomic mass is 10.1. The largest absolute Gasteiger partial charge is 0.462 e. The Labute approximate surface area is 144 Å². The summed E-state index contributed by atoms with van der Waals surface area (Å²) in [5.74, 6) is 0.604. The molecule has 1 aromatic carbocycles. The monoisotopic (exact) mass is 339 g/mol. The molecule has 0 radical (unpaired) electrons. The van der Waals surface area contributed by atoms with Gasteiger partial charge in [-0.2, -0.15) is 0 Å². The van der Waals surface area contributed by atoms with E-state index in [0.717, 1.165) is 10.4 Å². The molecule has 0 atom stereocenters. The average molecular weight is 339 g/mol. The minimum atomic E-state index is -0.426. The van der Waals surface area contributed by atoms with Crippen LogP contribution in [0, 0.1) is 0 Å². The number of carbonyl (C=O) groups is 1. The van der Waals surface area contributed by atoms with Crippen molar-refractivity contribution in [3.63, 3.8) is 0 Å². The van der Waals surface area contributed by atoms with Crippen molar-refractivity contribution in [3.8, 4) is 22.0 Å². The van der Waals surface area contributed by atoms with Crippen LogP contribution in [0.2, 0.25) is 0 Å². The first kappa shape index (κ1) is 16.1. The Morgan fingerprint density at radius 2 is 1.96 bits per heavy atom. The maximum atomic E-state index is 12.5. The lowest BCUT2D eigenvalue weighted by molar-refractivity contribution is 0.0527. The van der Waals surface area contributed by atoms with Gasteiger partial charge in [0.25, 0.3) is 0 Å². The highest BCUT2D eigenvalue weighted by atomic mass is 32.1. The van der Waals surface area contributed by atoms with E-state index in [4.69, 9.17) is 4.74 Å². The number of hydrogen-bond donors (Lipinski definition) is 1. The Morgan fingerprint density at radius 3 is 2.58 bits per heavy atom. The molecule has 122 valence electrons. The number of hydrogen-bond acceptors (Lipinski definition) is 6. The van der Waals surface area contributed by atoms with Crippen molar-refractivity contribution in [3.05, 3.63) is 53.4 Å². The van der Waals surface area contributed by atoms with Crippen molar-refractivity contribution in [2.24, 2.45) is 0 Å². The highest BCUT2D eigenvalue weighted by Gasteiger charge is 2.23. The van der Waals surface area contributed by atoms with Crippen LogP contribution in [0.1, 0.15) is 17.3 Å². The van der Waals surface area contributed by atoms with Crippen LogP contribution in [0.3, 0.4) is 0 Å². The normalized spacial score (nSPS) is 10.4. The lowest BCUT2D eigenvalue weighted by Crippen LogP contribution is -2.13. The summed E-state index contributed by atoms with van der Waals surface area (Å²) in [5.41, 5.74) is 1.84. The molecule has 5 nitrogen and oxygen atoms in total. The minimum absolute atomic E-state index is 0.298. The molecule has 0 amide bonds. The maximum absolute atomic E-state index is 12.5. The number of carbonyl (C=O) groups excluding carboxylic acids is 1. The van der Waals surface area contributed by atoms with Gasteiger partial charge >= 0.3 is 5.97 Å². The Hall–Kier alpha value is -2.73. The van der Waals surface area contributed by atoms with Crippen molar-refractivity contribution in [2.75, 3.05) is 19.0 Å². The van der Waals surface area contributed by atoms with Crippen molar-refractivity contribution in [2.45, 2.75) is 6.92 Å². The molecule has 3 aromatic rings. The minimum Gasteiger partial charge on any atom is -0.462 e. The zero-order valence-corrected chi connectivity index (χ0v) is 14.3. The summed E-state index contributed by atoms with van der Waals surface area (Å²) in [4.78, 5) is 22.5. The van der Waals surface area contributed by atoms with Gasteiger partial charge < -0.3 is 10.1 Å². The van der Waals surface area contributed by atoms with Gasteiger partial charge in [0, 0.05) is 12.6 Å². The smallest absolute Gasteiger partial charge is 0.344 e. The van der Waals surface area contributed by atoms with Gasteiger partial charge in [0.05, 0.1) is 11.5 Å². The molecule has 3 rings (SSSR count). The molecule has 0 saturated heterocycles. The van der Waals surface area contributed by atoms with E-state index in [9.17, 15) is 4.79 Å². The molecule has 0 unspecified atom stereocenters. The van der Waals surface area contributed by atoms with Crippen LogP contribution in [0.15, 0.2) is 47.8 Å². The molecule has 0 bridgehead atoms. The van der Waals surface area contributed by atoms with E-state index in [-0.39, 0.29) is 0 Å². The summed E-state index contributed by atoms with van der Waals surface area (Å²) in [6, 6.07) is 13.6. The van der Waals surface area contributed by atoms with Crippen LogP contribution in [0.25, 0.3) is 22.0 Å². The highest BCUT2D eigenvalue weighted by molar-refractivity contribution is 7.13. The second kappa shape index (κ2) is 7.23. The molecular weight excluding hydrogens is 322 g/mol. The second-order valence-electron chi connectivity index (χ2n) is 4.93. The van der Waals surface area contributed by atoms with Gasteiger partial charge in [-0.15, -0.1) is 11.3 Å². The number of nitrogens with zero attached hydrogens (tertiary/aromatic N) is 2. The number of esters is 1. The van der Waals surface area contributed by atoms with Gasteiger partial charge in [-0.1, -0.05) is 36.4 Å². The van der Waals surface area contributed by atoms with E-state index >= 15 is 0 Å². The lowest BCUT2D eigenvalue weighted by Gasteiger charge is -2.13. The molecule has 0 aliphatic heterocycles. The fourth-order valence-electron chi connectivity index (χ4n) is 2.35. The molecule has 0 fully saturated rings. The predicted molar refractivity (Wildman–Crippen MR) is 96.3 cm³/mol. The molecular formula is C18H17N3O2S. The molecule has 2 aromatic heterocycles. The van der Waals surface area contributed by atoms with E-state index in [0.29, 0.717) is 29.5 Å². The van der Waals surface area contributed by atoms with E-state index in [1.807, 2.05) is 47.8 Å². The standard InChI is InChI=1S/C18H17N3O2S/c1-3-23-18(22)14-15(13-10-7-11-24-13)20-16(21-17(14)19-2)12-8-5-4-6-9-12/h4-11H,3H2,1-2H3,(H,19,20,21). The summed E-state index contributed by atoms with van der Waals surface area (Å²) in [5, 5.41) is 4.95. The van der Waals surface area contributed by atoms with E-state index < -0.39 is 5.97 Å². The Morgan fingerprint density at radius 1 is 1.17 bits per heavy atom. The predicted octanol–water partition coefficient (Wildman–Crippen LogP) is 4.09. The van der Waals surface area contributed by atoms with Gasteiger partial charge in [-0.25, -0.2) is 14.8 Å². The molecule has 24 heavy (non-hydrogen) atoms. The van der Waals surface area contributed by atoms with Gasteiger partial charge in [0.2, 0.25) is 0 Å². The summed E-state index contributed by atoms with van der Waals surface area (Å²) in [7, 11) is 1.73. The molecule has 0 aliphatic rings. The highest BCUT2D eigenvalue weighted by Crippen LogP contribution is 2.32. The number of ether oxygens (including phenoxy) is 1. The number of nitrogens with one attached hydrogen (secondary N) is 1. The van der Waals surface area contributed by atoms with Crippen molar-refractivity contribution in [1.82, 2.24) is 9.97 Å². The molecule has 0 spiro atoms. The quantitative estimate of drug-likeness (QED) is 0.709. The van der Waals surface area contributed by atoms with Crippen LogP contribution < -0.4 is 5.32 Å². The van der Waals surface area contributed by atoms with Crippen LogP contribution in [-0.4, -0.2) is 29.6 Å². The summed E-state index contributed by atoms with van der Waals surface area (Å²) in [6.45, 7) is 2.08. The topological polar surface area (TPSA) is 64.1 Å². The van der Waals surface area contributed by atoms with Crippen molar-refractivity contribution < 1.29 is 9.53 Å². The van der Waals surface area contributed by atoms with Crippen molar-refractivity contribution in [1.29, 1.82) is 0 Å². The third-order valence-corrected chi connectivity index (χ3v) is 4.29. The molecule has 0 aliphatic carbocycles. The number of aromatic nitrogens is 2. The van der Waals surface area contributed by atoms with Crippen molar-refractivity contribution >= 4 is 23.1 Å². The first-order valence-electron chi connectivity index (χ1n) is 7.60. The summed E-state index contributed by atoms with van der Waals surface area (Å²) in [6.07, 6.45) is 0. The van der Waals surface area contributed by atoms with Crippen LogP contribution in [0.4, 0.5) is 5.82 Å². The average Bonchev–Trinajstić information content (AvgIpc) is 3.16. The fourth-order valence-corrected chi connectivity index (χ4v) is 3.07. The van der Waals surface area contributed by atoms with Crippen LogP contribution >= 0.6 is 11.3 Å². The van der Waals surface area contributed by atoms with Gasteiger partial charge in [-0.3, -0.25) is 0 Å². The SMILES string of the molecule is CCOC(=O)c1c(NC)nc(-c2ccccc2)nc1-c1cccs1. The zero-order valence-electron chi connectivity index (χ0n) is 13.4. The summed E-state index contributed by atoms with van der Waals surface area (Å²) >= 11 is 1.52. The van der Waals surface area contributed by atoms with Gasteiger partial charge in [-0.05, 0) is 18.4 Å². The van der Waals surface area contributed by atoms with Gasteiger partial charge in [0.1, 0.15) is 17.1 Å². The Kier molecular flexibility index (Phi) is 4.86. The first-order chi connectivity index (χ1) is 11.7.